The van der Waals surface area contributed by atoms with Crippen molar-refractivity contribution in [3.63, 3.8) is 0 Å². The number of nitrogens with two attached hydrogens (primary N) is 1. The van der Waals surface area contributed by atoms with E-state index in [1.165, 1.54) is 0 Å². The van der Waals surface area contributed by atoms with E-state index < -0.39 is 11.5 Å². The maximum atomic E-state index is 11.4. The smallest absolute Gasteiger partial charge is 0.269 e. The minimum Gasteiger partial charge on any atom is -0.385 e. The number of aromatic amines is 1. The number of aromatic nitrogens is 2. The molecule has 1 aromatic rings. The molecule has 0 saturated carbocycles. The average molecular weight is 295 g/mol. The van der Waals surface area contributed by atoms with Crippen LogP contribution in [0, 0.1) is 0 Å². The van der Waals surface area contributed by atoms with Gasteiger partial charge in [-0.3, -0.25) is 14.8 Å². The molecule has 3 rings (SSSR count). The molecular formula is C13H21N5O3. The molecule has 1 fully saturated rings. The largest absolute Gasteiger partial charge is 0.385 e. The number of H-pyrrole nitrogens is 1. The maximum absolute atomic E-state index is 11.4. The Balaban J connectivity index is 1.70. The highest BCUT2D eigenvalue weighted by molar-refractivity contribution is 5.92. The van der Waals surface area contributed by atoms with Crippen LogP contribution in [0.3, 0.4) is 0 Å². The van der Waals surface area contributed by atoms with E-state index in [-0.39, 0.29) is 0 Å². The SMILES string of the molecule is NC(=O)c1n[nH]c2c1CN(C[C@]1(O)CNCCOC1)CC2. The molecule has 8 heteroatoms. The number of carbonyl (C=O) groups excluding carboxylic acids is 1. The molecule has 1 saturated heterocycles. The Morgan fingerprint density at radius 1 is 1.57 bits per heavy atom. The van der Waals surface area contributed by atoms with Crippen molar-refractivity contribution in [2.75, 3.05) is 39.4 Å². The average Bonchev–Trinajstić information content (AvgIpc) is 2.74. The van der Waals surface area contributed by atoms with Gasteiger partial charge >= 0.3 is 0 Å². The predicted octanol–water partition coefficient (Wildman–Crippen LogP) is -1.78. The molecular weight excluding hydrogens is 274 g/mol. The van der Waals surface area contributed by atoms with Crippen LogP contribution < -0.4 is 11.1 Å². The number of primary amides is 1. The lowest BCUT2D eigenvalue weighted by Gasteiger charge is -2.35. The third-order valence-electron chi connectivity index (χ3n) is 4.01. The zero-order chi connectivity index (χ0) is 14.9. The number of hydrogen-bond donors (Lipinski definition) is 4. The normalized spacial score (nSPS) is 27.1. The van der Waals surface area contributed by atoms with E-state index in [0.29, 0.717) is 38.5 Å². The quantitative estimate of drug-likeness (QED) is 0.524. The van der Waals surface area contributed by atoms with Crippen LogP contribution in [-0.2, 0) is 17.7 Å². The predicted molar refractivity (Wildman–Crippen MR) is 74.7 cm³/mol. The molecule has 0 radical (unpaired) electrons. The topological polar surface area (TPSA) is 117 Å². The van der Waals surface area contributed by atoms with Crippen LogP contribution in [0.25, 0.3) is 0 Å². The van der Waals surface area contributed by atoms with Crippen molar-refractivity contribution >= 4 is 5.91 Å². The van der Waals surface area contributed by atoms with Crippen LogP contribution in [0.4, 0.5) is 0 Å². The second kappa shape index (κ2) is 5.72. The van der Waals surface area contributed by atoms with Gasteiger partial charge in [-0.25, -0.2) is 0 Å². The molecule has 1 atom stereocenters. The summed E-state index contributed by atoms with van der Waals surface area (Å²) in [5.41, 5.74) is 6.54. The summed E-state index contributed by atoms with van der Waals surface area (Å²) >= 11 is 0. The number of aliphatic hydroxyl groups is 1. The minimum atomic E-state index is -0.912. The number of fused-ring (bicyclic) bond motifs is 1. The van der Waals surface area contributed by atoms with Crippen molar-refractivity contribution in [1.29, 1.82) is 0 Å². The van der Waals surface area contributed by atoms with Crippen molar-refractivity contribution in [3.05, 3.63) is 17.0 Å². The molecule has 1 aromatic heterocycles. The van der Waals surface area contributed by atoms with E-state index in [4.69, 9.17) is 10.5 Å². The molecule has 0 unspecified atom stereocenters. The monoisotopic (exact) mass is 295 g/mol. The van der Waals surface area contributed by atoms with Crippen molar-refractivity contribution in [2.45, 2.75) is 18.6 Å². The first-order chi connectivity index (χ1) is 10.1. The Morgan fingerprint density at radius 2 is 2.43 bits per heavy atom. The van der Waals surface area contributed by atoms with Gasteiger partial charge < -0.3 is 20.9 Å². The lowest BCUT2D eigenvalue weighted by atomic mass is 10.0. The molecule has 0 spiro atoms. The Labute approximate surface area is 122 Å². The highest BCUT2D eigenvalue weighted by Crippen LogP contribution is 2.22. The first-order valence-electron chi connectivity index (χ1n) is 7.16. The molecule has 116 valence electrons. The number of carbonyl (C=O) groups is 1. The van der Waals surface area contributed by atoms with Crippen LogP contribution in [0.15, 0.2) is 0 Å². The van der Waals surface area contributed by atoms with Gasteiger partial charge in [0.15, 0.2) is 5.69 Å². The fraction of sp³-hybridized carbons (Fsp3) is 0.692. The molecule has 0 bridgehead atoms. The van der Waals surface area contributed by atoms with Crippen LogP contribution in [0.1, 0.15) is 21.7 Å². The number of nitrogens with zero attached hydrogens (tertiary/aromatic N) is 2. The van der Waals surface area contributed by atoms with Gasteiger partial charge in [0.2, 0.25) is 0 Å². The number of nitrogens with one attached hydrogen (secondary N) is 2. The molecule has 8 nitrogen and oxygen atoms in total. The molecule has 5 N–H and O–H groups in total. The summed E-state index contributed by atoms with van der Waals surface area (Å²) in [6.45, 7) is 4.03. The molecule has 0 aliphatic carbocycles. The van der Waals surface area contributed by atoms with Gasteiger partial charge in [0, 0.05) is 50.4 Å². The highest BCUT2D eigenvalue weighted by atomic mass is 16.5. The molecule has 2 aliphatic rings. The number of β-amino-alcohol motifs (C(OH)–C–C–N with tert-alkyl or cyclic N) is 1. The van der Waals surface area contributed by atoms with Crippen LogP contribution in [0.5, 0.6) is 0 Å². The summed E-state index contributed by atoms with van der Waals surface area (Å²) in [4.78, 5) is 13.5. The lowest BCUT2D eigenvalue weighted by Crippen LogP contribution is -2.52. The van der Waals surface area contributed by atoms with E-state index in [2.05, 4.69) is 20.4 Å². The summed E-state index contributed by atoms with van der Waals surface area (Å²) in [5.74, 6) is -0.521. The van der Waals surface area contributed by atoms with E-state index in [0.717, 1.165) is 30.8 Å². The summed E-state index contributed by atoms with van der Waals surface area (Å²) in [6, 6.07) is 0. The summed E-state index contributed by atoms with van der Waals surface area (Å²) in [5, 5.41) is 20.7. The highest BCUT2D eigenvalue weighted by Gasteiger charge is 2.33. The van der Waals surface area contributed by atoms with Crippen LogP contribution in [-0.4, -0.2) is 71.1 Å². The van der Waals surface area contributed by atoms with E-state index >= 15 is 0 Å². The van der Waals surface area contributed by atoms with Crippen molar-refractivity contribution in [2.24, 2.45) is 5.73 Å². The number of amides is 1. The van der Waals surface area contributed by atoms with Crippen molar-refractivity contribution in [1.82, 2.24) is 20.4 Å². The Hall–Kier alpha value is -1.48. The molecule has 3 heterocycles. The fourth-order valence-electron chi connectivity index (χ4n) is 2.99. The van der Waals surface area contributed by atoms with Crippen molar-refractivity contribution in [3.8, 4) is 0 Å². The van der Waals surface area contributed by atoms with Gasteiger partial charge in [-0.2, -0.15) is 5.10 Å². The first-order valence-corrected chi connectivity index (χ1v) is 7.16. The second-order valence-corrected chi connectivity index (χ2v) is 5.81. The third-order valence-corrected chi connectivity index (χ3v) is 4.01. The number of rotatable bonds is 3. The fourth-order valence-corrected chi connectivity index (χ4v) is 2.99. The van der Waals surface area contributed by atoms with Gasteiger partial charge in [-0.05, 0) is 0 Å². The van der Waals surface area contributed by atoms with Crippen molar-refractivity contribution < 1.29 is 14.6 Å². The third kappa shape index (κ3) is 3.08. The molecule has 1 amide bonds. The van der Waals surface area contributed by atoms with Gasteiger partial charge in [0.05, 0.1) is 13.2 Å². The minimum absolute atomic E-state index is 0.303. The Kier molecular flexibility index (Phi) is 3.94. The van der Waals surface area contributed by atoms with Gasteiger partial charge in [-0.15, -0.1) is 0 Å². The first kappa shape index (κ1) is 14.5. The second-order valence-electron chi connectivity index (χ2n) is 5.81. The van der Waals surface area contributed by atoms with E-state index in [1.807, 2.05) is 0 Å². The number of ether oxygens (including phenoxy) is 1. The zero-order valence-corrected chi connectivity index (χ0v) is 11.9. The summed E-state index contributed by atoms with van der Waals surface area (Å²) in [7, 11) is 0. The lowest BCUT2D eigenvalue weighted by molar-refractivity contribution is -0.0511. The summed E-state index contributed by atoms with van der Waals surface area (Å²) in [6.07, 6.45) is 0.764. The van der Waals surface area contributed by atoms with Gasteiger partial charge in [0.1, 0.15) is 5.60 Å². The number of hydrogen-bond acceptors (Lipinski definition) is 6. The van der Waals surface area contributed by atoms with E-state index in [1.54, 1.807) is 0 Å². The maximum Gasteiger partial charge on any atom is 0.269 e. The zero-order valence-electron chi connectivity index (χ0n) is 11.9. The van der Waals surface area contributed by atoms with E-state index in [9.17, 15) is 9.90 Å². The standard InChI is InChI=1S/C13H21N5O3/c14-12(19)11-9-5-18(3-1-10(9)16-17-11)7-13(20)6-15-2-4-21-8-13/h15,20H,1-8H2,(H2,14,19)(H,16,17)/t13-/m1/s1. The van der Waals surface area contributed by atoms with Gasteiger partial charge in [-0.1, -0.05) is 0 Å². The molecule has 2 aliphatic heterocycles. The Bertz CT molecular complexity index is 522. The molecule has 0 aromatic carbocycles. The van der Waals surface area contributed by atoms with Crippen LogP contribution in [0.2, 0.25) is 0 Å². The Morgan fingerprint density at radius 3 is 3.24 bits per heavy atom. The van der Waals surface area contributed by atoms with Gasteiger partial charge in [0.25, 0.3) is 5.91 Å². The van der Waals surface area contributed by atoms with Crippen LogP contribution >= 0.6 is 0 Å². The molecule has 21 heavy (non-hydrogen) atoms. The summed E-state index contributed by atoms with van der Waals surface area (Å²) < 4.78 is 5.44.